The van der Waals surface area contributed by atoms with E-state index in [0.717, 1.165) is 32.0 Å². The van der Waals surface area contributed by atoms with E-state index in [1.807, 2.05) is 0 Å². The molecule has 2 rings (SSSR count). The first-order valence-electron chi connectivity index (χ1n) is 6.99. The van der Waals surface area contributed by atoms with E-state index in [2.05, 4.69) is 5.32 Å². The Labute approximate surface area is 132 Å². The topological polar surface area (TPSA) is 92.6 Å². The fraction of sp³-hybridized carbons (Fsp3) is 0.429. The Bertz CT molecular complexity index is 600. The molecular weight excluding hydrogens is 310 g/mol. The number of amides is 2. The summed E-state index contributed by atoms with van der Waals surface area (Å²) in [7, 11) is 0. The number of carbonyl (C=O) groups excluding carboxylic acids is 2. The quantitative estimate of drug-likeness (QED) is 0.662. The van der Waals surface area contributed by atoms with Crippen LogP contribution in [0.1, 0.15) is 29.6 Å². The molecule has 1 saturated heterocycles. The lowest BCUT2D eigenvalue weighted by Crippen LogP contribution is -2.32. The standard InChI is InChI=1S/C14H16ClN3O4/c15-10-3-4-11(12(9-10)18(21)22)14(20)16-6-5-13(19)17-7-1-2-8-17/h3-4,9H,1-2,5-8H2,(H,16,20). The van der Waals surface area contributed by atoms with Gasteiger partial charge >= 0.3 is 0 Å². The van der Waals surface area contributed by atoms with E-state index in [9.17, 15) is 19.7 Å². The number of hydrogen-bond donors (Lipinski definition) is 1. The molecule has 1 aromatic rings. The van der Waals surface area contributed by atoms with Crippen molar-refractivity contribution in [2.45, 2.75) is 19.3 Å². The van der Waals surface area contributed by atoms with Crippen LogP contribution in [0.5, 0.6) is 0 Å². The molecule has 1 aliphatic rings. The van der Waals surface area contributed by atoms with Crippen LogP contribution >= 0.6 is 11.6 Å². The maximum atomic E-state index is 12.0. The second kappa shape index (κ2) is 7.22. The summed E-state index contributed by atoms with van der Waals surface area (Å²) < 4.78 is 0. The van der Waals surface area contributed by atoms with Gasteiger partial charge in [0.25, 0.3) is 11.6 Å². The highest BCUT2D eigenvalue weighted by molar-refractivity contribution is 6.31. The first-order valence-corrected chi connectivity index (χ1v) is 7.37. The maximum Gasteiger partial charge on any atom is 0.283 e. The normalized spacial score (nSPS) is 14.0. The lowest BCUT2D eigenvalue weighted by Gasteiger charge is -2.15. The molecule has 8 heteroatoms. The van der Waals surface area contributed by atoms with Crippen LogP contribution < -0.4 is 5.32 Å². The number of nitro groups is 1. The van der Waals surface area contributed by atoms with Crippen LogP contribution in [0.3, 0.4) is 0 Å². The second-order valence-corrected chi connectivity index (χ2v) is 5.45. The summed E-state index contributed by atoms with van der Waals surface area (Å²) in [5.41, 5.74) is -0.418. The fourth-order valence-corrected chi connectivity index (χ4v) is 2.52. The van der Waals surface area contributed by atoms with E-state index in [1.165, 1.54) is 12.1 Å². The van der Waals surface area contributed by atoms with Gasteiger partial charge in [-0.05, 0) is 25.0 Å². The summed E-state index contributed by atoms with van der Waals surface area (Å²) in [5, 5.41) is 13.7. The minimum absolute atomic E-state index is 0.0107. The summed E-state index contributed by atoms with van der Waals surface area (Å²) in [6, 6.07) is 3.85. The summed E-state index contributed by atoms with van der Waals surface area (Å²) in [5.74, 6) is -0.596. The molecule has 0 saturated carbocycles. The molecule has 0 aliphatic carbocycles. The molecule has 0 spiro atoms. The Kier molecular flexibility index (Phi) is 5.32. The third-order valence-electron chi connectivity index (χ3n) is 3.48. The van der Waals surface area contributed by atoms with Gasteiger partial charge in [-0.1, -0.05) is 11.6 Å². The van der Waals surface area contributed by atoms with Crippen LogP contribution in [0.4, 0.5) is 5.69 Å². The van der Waals surface area contributed by atoms with Crippen molar-refractivity contribution < 1.29 is 14.5 Å². The van der Waals surface area contributed by atoms with E-state index in [1.54, 1.807) is 4.90 Å². The minimum Gasteiger partial charge on any atom is -0.351 e. The second-order valence-electron chi connectivity index (χ2n) is 5.01. The summed E-state index contributed by atoms with van der Waals surface area (Å²) >= 11 is 5.70. The number of nitrogens with one attached hydrogen (secondary N) is 1. The van der Waals surface area contributed by atoms with E-state index >= 15 is 0 Å². The van der Waals surface area contributed by atoms with Crippen molar-refractivity contribution >= 4 is 29.1 Å². The Morgan fingerprint density at radius 2 is 2.00 bits per heavy atom. The molecule has 1 N–H and O–H groups in total. The van der Waals surface area contributed by atoms with Gasteiger partial charge < -0.3 is 10.2 Å². The SMILES string of the molecule is O=C(NCCC(=O)N1CCCC1)c1ccc(Cl)cc1[N+](=O)[O-]. The monoisotopic (exact) mass is 325 g/mol. The first kappa shape index (κ1) is 16.2. The van der Waals surface area contributed by atoms with Crippen molar-refractivity contribution in [1.82, 2.24) is 10.2 Å². The Balaban J connectivity index is 1.92. The molecule has 0 aromatic heterocycles. The van der Waals surface area contributed by atoms with Crippen molar-refractivity contribution in [2.75, 3.05) is 19.6 Å². The van der Waals surface area contributed by atoms with Crippen LogP contribution in [0.15, 0.2) is 18.2 Å². The molecule has 1 aliphatic heterocycles. The van der Waals surface area contributed by atoms with Gasteiger partial charge in [-0.2, -0.15) is 0 Å². The Hall–Kier alpha value is -2.15. The number of carbonyl (C=O) groups is 2. The third kappa shape index (κ3) is 3.94. The van der Waals surface area contributed by atoms with Crippen LogP contribution in [-0.2, 0) is 4.79 Å². The van der Waals surface area contributed by atoms with Gasteiger partial charge in [0.05, 0.1) is 4.92 Å². The van der Waals surface area contributed by atoms with Gasteiger partial charge in [0.1, 0.15) is 5.56 Å². The summed E-state index contributed by atoms with van der Waals surface area (Å²) in [6.45, 7) is 1.67. The van der Waals surface area contributed by atoms with E-state index in [4.69, 9.17) is 11.6 Å². The first-order chi connectivity index (χ1) is 10.5. The molecule has 118 valence electrons. The van der Waals surface area contributed by atoms with Crippen molar-refractivity contribution in [3.63, 3.8) is 0 Å². The van der Waals surface area contributed by atoms with Crippen molar-refractivity contribution in [2.24, 2.45) is 0 Å². The molecular formula is C14H16ClN3O4. The number of nitro benzene ring substituents is 1. The summed E-state index contributed by atoms with van der Waals surface area (Å²) in [6.07, 6.45) is 2.21. The molecule has 22 heavy (non-hydrogen) atoms. The summed E-state index contributed by atoms with van der Waals surface area (Å²) in [4.78, 5) is 35.9. The average molecular weight is 326 g/mol. The molecule has 0 radical (unpaired) electrons. The zero-order valence-corrected chi connectivity index (χ0v) is 12.6. The minimum atomic E-state index is -0.657. The number of hydrogen-bond acceptors (Lipinski definition) is 4. The highest BCUT2D eigenvalue weighted by atomic mass is 35.5. The molecule has 0 atom stereocenters. The van der Waals surface area contributed by atoms with Gasteiger partial charge in [0.15, 0.2) is 0 Å². The van der Waals surface area contributed by atoms with Gasteiger partial charge in [-0.15, -0.1) is 0 Å². The Morgan fingerprint density at radius 3 is 2.64 bits per heavy atom. The molecule has 7 nitrogen and oxygen atoms in total. The number of rotatable bonds is 5. The van der Waals surface area contributed by atoms with Crippen molar-refractivity contribution in [3.05, 3.63) is 38.9 Å². The predicted molar refractivity (Wildman–Crippen MR) is 80.9 cm³/mol. The fourth-order valence-electron chi connectivity index (χ4n) is 2.35. The van der Waals surface area contributed by atoms with Gasteiger partial charge in [0, 0.05) is 37.1 Å². The number of nitrogens with zero attached hydrogens (tertiary/aromatic N) is 2. The van der Waals surface area contributed by atoms with Gasteiger partial charge in [-0.25, -0.2) is 0 Å². The van der Waals surface area contributed by atoms with E-state index in [0.29, 0.717) is 0 Å². The highest BCUT2D eigenvalue weighted by Gasteiger charge is 2.21. The zero-order valence-electron chi connectivity index (χ0n) is 11.9. The third-order valence-corrected chi connectivity index (χ3v) is 3.72. The highest BCUT2D eigenvalue weighted by Crippen LogP contribution is 2.23. The zero-order chi connectivity index (χ0) is 16.1. The number of benzene rings is 1. The van der Waals surface area contributed by atoms with E-state index < -0.39 is 10.8 Å². The van der Waals surface area contributed by atoms with E-state index in [-0.39, 0.29) is 35.1 Å². The van der Waals surface area contributed by atoms with Crippen LogP contribution in [0.2, 0.25) is 5.02 Å². The van der Waals surface area contributed by atoms with Crippen molar-refractivity contribution in [1.29, 1.82) is 0 Å². The predicted octanol–water partition coefficient (Wildman–Crippen LogP) is 1.99. The molecule has 1 aromatic carbocycles. The molecule has 2 amide bonds. The average Bonchev–Trinajstić information content (AvgIpc) is 3.01. The van der Waals surface area contributed by atoms with Crippen LogP contribution in [0, 0.1) is 10.1 Å². The molecule has 1 fully saturated rings. The van der Waals surface area contributed by atoms with Crippen molar-refractivity contribution in [3.8, 4) is 0 Å². The smallest absolute Gasteiger partial charge is 0.283 e. The largest absolute Gasteiger partial charge is 0.351 e. The van der Waals surface area contributed by atoms with Crippen LogP contribution in [-0.4, -0.2) is 41.3 Å². The molecule has 0 bridgehead atoms. The van der Waals surface area contributed by atoms with Crippen LogP contribution in [0.25, 0.3) is 0 Å². The molecule has 1 heterocycles. The maximum absolute atomic E-state index is 12.0. The lowest BCUT2D eigenvalue weighted by atomic mass is 10.1. The Morgan fingerprint density at radius 1 is 1.32 bits per heavy atom. The van der Waals surface area contributed by atoms with Gasteiger partial charge in [0.2, 0.25) is 5.91 Å². The molecule has 0 unspecified atom stereocenters. The lowest BCUT2D eigenvalue weighted by molar-refractivity contribution is -0.385. The van der Waals surface area contributed by atoms with Gasteiger partial charge in [-0.3, -0.25) is 19.7 Å². The number of likely N-dealkylation sites (tertiary alicyclic amines) is 1. The number of halogens is 1.